The maximum atomic E-state index is 12.9. The predicted octanol–water partition coefficient (Wildman–Crippen LogP) is 3.29. The van der Waals surface area contributed by atoms with Gasteiger partial charge < -0.3 is 0 Å². The number of nitrogens with zero attached hydrogens (tertiary/aromatic N) is 1. The highest BCUT2D eigenvalue weighted by Crippen LogP contribution is 2.25. The van der Waals surface area contributed by atoms with Gasteiger partial charge in [-0.25, -0.2) is 8.42 Å². The molecule has 0 atom stereocenters. The van der Waals surface area contributed by atoms with Gasteiger partial charge in [0.1, 0.15) is 0 Å². The van der Waals surface area contributed by atoms with E-state index in [0.717, 1.165) is 9.87 Å². The van der Waals surface area contributed by atoms with Crippen LogP contribution in [0.25, 0.3) is 0 Å². The molecule has 2 aromatic carbocycles. The van der Waals surface area contributed by atoms with E-state index in [4.69, 9.17) is 0 Å². The van der Waals surface area contributed by atoms with Crippen molar-refractivity contribution in [2.75, 3.05) is 4.31 Å². The minimum absolute atomic E-state index is 0.0663. The minimum Gasteiger partial charge on any atom is -0.268 e. The SMILES string of the molecule is C=C(C)C(=O)N(c1ccccc1)S(=O)(=O)c1ccc(C)cc1. The van der Waals surface area contributed by atoms with Crippen molar-refractivity contribution in [2.24, 2.45) is 0 Å². The van der Waals surface area contributed by atoms with Gasteiger partial charge >= 0.3 is 0 Å². The van der Waals surface area contributed by atoms with Gasteiger partial charge in [0.05, 0.1) is 10.6 Å². The summed E-state index contributed by atoms with van der Waals surface area (Å²) in [5, 5.41) is 0. The quantitative estimate of drug-likeness (QED) is 0.814. The van der Waals surface area contributed by atoms with Gasteiger partial charge in [-0.2, -0.15) is 4.31 Å². The lowest BCUT2D eigenvalue weighted by Crippen LogP contribution is -2.37. The number of sulfonamides is 1. The van der Waals surface area contributed by atoms with Crippen LogP contribution in [-0.2, 0) is 14.8 Å². The molecule has 0 bridgehead atoms. The van der Waals surface area contributed by atoms with E-state index in [1.54, 1.807) is 42.5 Å². The number of hydrogen-bond donors (Lipinski definition) is 0. The van der Waals surface area contributed by atoms with E-state index in [0.29, 0.717) is 0 Å². The second kappa shape index (κ2) is 6.15. The Morgan fingerprint density at radius 2 is 1.55 bits per heavy atom. The first-order chi connectivity index (χ1) is 10.3. The van der Waals surface area contributed by atoms with Gasteiger partial charge in [-0.15, -0.1) is 0 Å². The van der Waals surface area contributed by atoms with Gasteiger partial charge in [0.25, 0.3) is 15.9 Å². The van der Waals surface area contributed by atoms with Gasteiger partial charge in [-0.1, -0.05) is 42.5 Å². The smallest absolute Gasteiger partial charge is 0.268 e. The summed E-state index contributed by atoms with van der Waals surface area (Å²) in [7, 11) is -3.99. The molecule has 2 aromatic rings. The number of carbonyl (C=O) groups is 1. The number of aryl methyl sites for hydroxylation is 1. The number of amides is 1. The lowest BCUT2D eigenvalue weighted by Gasteiger charge is -2.22. The average Bonchev–Trinajstić information content (AvgIpc) is 2.48. The lowest BCUT2D eigenvalue weighted by atomic mass is 10.2. The van der Waals surface area contributed by atoms with Crippen molar-refractivity contribution in [3.05, 3.63) is 72.3 Å². The van der Waals surface area contributed by atoms with Crippen molar-refractivity contribution in [1.29, 1.82) is 0 Å². The monoisotopic (exact) mass is 315 g/mol. The van der Waals surface area contributed by atoms with Crippen molar-refractivity contribution in [3.63, 3.8) is 0 Å². The summed E-state index contributed by atoms with van der Waals surface area (Å²) in [6.45, 7) is 6.92. The number of rotatable bonds is 4. The second-order valence-corrected chi connectivity index (χ2v) is 6.79. The molecule has 22 heavy (non-hydrogen) atoms. The third kappa shape index (κ3) is 3.09. The molecule has 0 N–H and O–H groups in total. The molecule has 2 rings (SSSR count). The van der Waals surface area contributed by atoms with Crippen LogP contribution in [0.5, 0.6) is 0 Å². The Hall–Kier alpha value is -2.40. The highest BCUT2D eigenvalue weighted by atomic mass is 32.2. The van der Waals surface area contributed by atoms with Crippen LogP contribution in [-0.4, -0.2) is 14.3 Å². The number of hydrogen-bond acceptors (Lipinski definition) is 3. The Morgan fingerprint density at radius 1 is 1.00 bits per heavy atom. The molecule has 0 aliphatic rings. The largest absolute Gasteiger partial charge is 0.271 e. The minimum atomic E-state index is -3.99. The molecule has 0 spiro atoms. The van der Waals surface area contributed by atoms with E-state index in [9.17, 15) is 13.2 Å². The first-order valence-electron chi connectivity index (χ1n) is 6.71. The summed E-state index contributed by atoms with van der Waals surface area (Å²) in [5.41, 5.74) is 1.38. The number of para-hydroxylation sites is 1. The Balaban J connectivity index is 2.60. The summed E-state index contributed by atoms with van der Waals surface area (Å²) < 4.78 is 26.5. The van der Waals surface area contributed by atoms with Crippen molar-refractivity contribution in [3.8, 4) is 0 Å². The highest BCUT2D eigenvalue weighted by Gasteiger charge is 2.31. The molecule has 0 aliphatic carbocycles. The molecule has 0 fully saturated rings. The highest BCUT2D eigenvalue weighted by molar-refractivity contribution is 7.93. The van der Waals surface area contributed by atoms with E-state index in [1.165, 1.54) is 19.1 Å². The fourth-order valence-electron chi connectivity index (χ4n) is 1.92. The van der Waals surface area contributed by atoms with Crippen LogP contribution in [0.1, 0.15) is 12.5 Å². The Bertz CT molecular complexity index is 794. The maximum absolute atomic E-state index is 12.9. The summed E-state index contributed by atoms with van der Waals surface area (Å²) >= 11 is 0. The molecule has 0 radical (unpaired) electrons. The Kier molecular flexibility index (Phi) is 4.47. The molecule has 0 saturated carbocycles. The van der Waals surface area contributed by atoms with Crippen LogP contribution in [0.4, 0.5) is 5.69 Å². The first kappa shape index (κ1) is 16.0. The predicted molar refractivity (Wildman–Crippen MR) is 87.1 cm³/mol. The van der Waals surface area contributed by atoms with Gasteiger partial charge in [0.2, 0.25) is 0 Å². The maximum Gasteiger partial charge on any atom is 0.271 e. The molecular formula is C17H17NO3S. The molecule has 1 amide bonds. The van der Waals surface area contributed by atoms with E-state index in [1.807, 2.05) is 6.92 Å². The molecule has 0 aliphatic heterocycles. The molecule has 0 heterocycles. The van der Waals surface area contributed by atoms with E-state index < -0.39 is 15.9 Å². The zero-order chi connectivity index (χ0) is 16.3. The molecule has 114 valence electrons. The van der Waals surface area contributed by atoms with Crippen LogP contribution in [0.15, 0.2) is 71.6 Å². The van der Waals surface area contributed by atoms with Crippen molar-refractivity contribution >= 4 is 21.6 Å². The van der Waals surface area contributed by atoms with Crippen LogP contribution in [0.3, 0.4) is 0 Å². The molecule has 4 nitrogen and oxygen atoms in total. The Labute approximate surface area is 130 Å². The third-order valence-corrected chi connectivity index (χ3v) is 4.82. The summed E-state index contributed by atoms with van der Waals surface area (Å²) in [5.74, 6) is -0.647. The van der Waals surface area contributed by atoms with Gasteiger partial charge in [-0.3, -0.25) is 4.79 Å². The molecule has 0 saturated heterocycles. The van der Waals surface area contributed by atoms with Crippen LogP contribution >= 0.6 is 0 Å². The topological polar surface area (TPSA) is 54.5 Å². The van der Waals surface area contributed by atoms with E-state index in [2.05, 4.69) is 6.58 Å². The van der Waals surface area contributed by atoms with Crippen LogP contribution in [0, 0.1) is 6.92 Å². The average molecular weight is 315 g/mol. The van der Waals surface area contributed by atoms with Crippen LogP contribution in [0.2, 0.25) is 0 Å². The van der Waals surface area contributed by atoms with Crippen molar-refractivity contribution in [2.45, 2.75) is 18.7 Å². The number of benzene rings is 2. The van der Waals surface area contributed by atoms with Crippen molar-refractivity contribution < 1.29 is 13.2 Å². The summed E-state index contributed by atoms with van der Waals surface area (Å²) in [6, 6.07) is 14.6. The van der Waals surface area contributed by atoms with Crippen molar-refractivity contribution in [1.82, 2.24) is 0 Å². The van der Waals surface area contributed by atoms with Gasteiger partial charge in [0, 0.05) is 5.57 Å². The van der Waals surface area contributed by atoms with Gasteiger partial charge in [0.15, 0.2) is 0 Å². The molecular weight excluding hydrogens is 298 g/mol. The third-order valence-electron chi connectivity index (χ3n) is 3.10. The summed E-state index contributed by atoms with van der Waals surface area (Å²) in [6.07, 6.45) is 0. The fraction of sp³-hybridized carbons (Fsp3) is 0.118. The lowest BCUT2D eigenvalue weighted by molar-refractivity contribution is -0.113. The number of carbonyl (C=O) groups excluding carboxylic acids is 1. The zero-order valence-electron chi connectivity index (χ0n) is 12.5. The summed E-state index contributed by atoms with van der Waals surface area (Å²) in [4.78, 5) is 12.4. The normalized spacial score (nSPS) is 11.0. The van der Waals surface area contributed by atoms with Gasteiger partial charge in [-0.05, 0) is 38.1 Å². The number of anilines is 1. The van der Waals surface area contributed by atoms with Crippen LogP contribution < -0.4 is 4.31 Å². The molecule has 0 aromatic heterocycles. The van der Waals surface area contributed by atoms with E-state index >= 15 is 0 Å². The first-order valence-corrected chi connectivity index (χ1v) is 8.15. The standard InChI is InChI=1S/C17H17NO3S/c1-13(2)17(19)18(15-7-5-4-6-8-15)22(20,21)16-11-9-14(3)10-12-16/h4-12H,1H2,2-3H3. The Morgan fingerprint density at radius 3 is 2.05 bits per heavy atom. The molecule has 5 heteroatoms. The zero-order valence-corrected chi connectivity index (χ0v) is 13.3. The van der Waals surface area contributed by atoms with E-state index in [-0.39, 0.29) is 16.2 Å². The molecule has 0 unspecified atom stereocenters. The fourth-order valence-corrected chi connectivity index (χ4v) is 3.38. The second-order valence-electron chi connectivity index (χ2n) is 5.00.